The van der Waals surface area contributed by atoms with Gasteiger partial charge in [0.05, 0.1) is 18.2 Å². The molecule has 0 spiro atoms. The van der Waals surface area contributed by atoms with E-state index in [1.807, 2.05) is 24.5 Å². The summed E-state index contributed by atoms with van der Waals surface area (Å²) in [7, 11) is -3.72. The molecule has 1 amide bonds. The molecule has 34 heavy (non-hydrogen) atoms. The van der Waals surface area contributed by atoms with E-state index < -0.39 is 22.5 Å². The molecule has 0 radical (unpaired) electrons. The lowest BCUT2D eigenvalue weighted by atomic mass is 10.2. The van der Waals surface area contributed by atoms with Gasteiger partial charge in [-0.2, -0.15) is 5.10 Å². The molecule has 180 valence electrons. The zero-order valence-corrected chi connectivity index (χ0v) is 22.0. The molecule has 0 unspecified atom stereocenters. The molecule has 1 aromatic heterocycles. The van der Waals surface area contributed by atoms with Gasteiger partial charge < -0.3 is 4.57 Å². The smallest absolute Gasteiger partial charge is 0.260 e. The summed E-state index contributed by atoms with van der Waals surface area (Å²) in [5.41, 5.74) is 6.75. The Morgan fingerprint density at radius 3 is 2.26 bits per heavy atom. The number of benzene rings is 2. The van der Waals surface area contributed by atoms with Gasteiger partial charge in [-0.25, -0.2) is 13.8 Å². The first kappa shape index (κ1) is 26.1. The van der Waals surface area contributed by atoms with Crippen LogP contribution < -0.4 is 9.73 Å². The van der Waals surface area contributed by atoms with Gasteiger partial charge in [0.25, 0.3) is 5.91 Å². The molecule has 1 heterocycles. The molecule has 0 atom stereocenters. The van der Waals surface area contributed by atoms with Crippen LogP contribution in [0.1, 0.15) is 22.5 Å². The highest BCUT2D eigenvalue weighted by Crippen LogP contribution is 2.27. The second kappa shape index (κ2) is 10.4. The van der Waals surface area contributed by atoms with Crippen LogP contribution >= 0.6 is 34.8 Å². The average molecular weight is 542 g/mol. The van der Waals surface area contributed by atoms with E-state index in [0.717, 1.165) is 33.2 Å². The van der Waals surface area contributed by atoms with Gasteiger partial charge in [-0.1, -0.05) is 34.8 Å². The van der Waals surface area contributed by atoms with Gasteiger partial charge in [0.15, 0.2) is 0 Å². The highest BCUT2D eigenvalue weighted by atomic mass is 35.5. The first-order valence-corrected chi connectivity index (χ1v) is 13.1. The molecule has 3 rings (SSSR count). The molecule has 0 aliphatic heterocycles. The summed E-state index contributed by atoms with van der Waals surface area (Å²) in [6.07, 6.45) is 2.54. The van der Waals surface area contributed by atoms with E-state index in [-0.39, 0.29) is 0 Å². The van der Waals surface area contributed by atoms with Crippen LogP contribution in [0.2, 0.25) is 15.1 Å². The number of hydrogen-bond acceptors (Lipinski definition) is 4. The Hall–Kier alpha value is -2.52. The highest BCUT2D eigenvalue weighted by molar-refractivity contribution is 7.92. The van der Waals surface area contributed by atoms with Crippen LogP contribution in [-0.2, 0) is 14.8 Å². The van der Waals surface area contributed by atoms with E-state index in [9.17, 15) is 13.2 Å². The van der Waals surface area contributed by atoms with E-state index in [1.165, 1.54) is 6.21 Å². The van der Waals surface area contributed by atoms with Crippen molar-refractivity contribution >= 4 is 62.6 Å². The number of aryl methyl sites for hydroxylation is 2. The van der Waals surface area contributed by atoms with Crippen molar-refractivity contribution in [3.63, 3.8) is 0 Å². The van der Waals surface area contributed by atoms with Gasteiger partial charge >= 0.3 is 0 Å². The second-order valence-electron chi connectivity index (χ2n) is 7.78. The third-order valence-corrected chi connectivity index (χ3v) is 6.88. The fraction of sp³-hybridized carbons (Fsp3) is 0.217. The lowest BCUT2D eigenvalue weighted by Crippen LogP contribution is -2.39. The molecule has 0 saturated heterocycles. The van der Waals surface area contributed by atoms with Crippen LogP contribution in [0.3, 0.4) is 0 Å². The maximum absolute atomic E-state index is 12.5. The van der Waals surface area contributed by atoms with E-state index in [1.54, 1.807) is 43.3 Å². The second-order valence-corrected chi connectivity index (χ2v) is 11.0. The molecule has 0 aliphatic rings. The Kier molecular flexibility index (Phi) is 7.98. The molecule has 0 bridgehead atoms. The van der Waals surface area contributed by atoms with Crippen molar-refractivity contribution in [1.29, 1.82) is 0 Å². The number of nitrogens with one attached hydrogen (secondary N) is 1. The lowest BCUT2D eigenvalue weighted by Gasteiger charge is -2.23. The minimum Gasteiger partial charge on any atom is -0.318 e. The number of carbonyl (C=O) groups excluding carboxylic acids is 1. The maximum atomic E-state index is 12.5. The summed E-state index contributed by atoms with van der Waals surface area (Å²) < 4.78 is 27.6. The number of hydrogen-bond donors (Lipinski definition) is 1. The summed E-state index contributed by atoms with van der Waals surface area (Å²) in [5.74, 6) is -0.591. The van der Waals surface area contributed by atoms with Crippen molar-refractivity contribution in [2.75, 3.05) is 17.1 Å². The molecule has 3 aromatic rings. The molecule has 11 heteroatoms. The Morgan fingerprint density at radius 2 is 1.68 bits per heavy atom. The molecule has 0 fully saturated rings. The summed E-state index contributed by atoms with van der Waals surface area (Å²) in [6, 6.07) is 11.9. The average Bonchev–Trinajstić information content (AvgIpc) is 2.98. The zero-order chi connectivity index (χ0) is 25.2. The number of nitrogens with zero attached hydrogens (tertiary/aromatic N) is 3. The van der Waals surface area contributed by atoms with E-state index >= 15 is 0 Å². The third-order valence-electron chi connectivity index (χ3n) is 5.08. The summed E-state index contributed by atoms with van der Waals surface area (Å²) in [4.78, 5) is 12.5. The van der Waals surface area contributed by atoms with Crippen molar-refractivity contribution in [1.82, 2.24) is 9.99 Å². The van der Waals surface area contributed by atoms with Crippen LogP contribution in [-0.4, -0.2) is 37.9 Å². The van der Waals surface area contributed by atoms with Gasteiger partial charge in [0.2, 0.25) is 10.0 Å². The minimum absolute atomic E-state index is 0.370. The molecular weight excluding hydrogens is 519 g/mol. The van der Waals surface area contributed by atoms with Crippen LogP contribution in [0.5, 0.6) is 0 Å². The van der Waals surface area contributed by atoms with Gasteiger partial charge in [-0.3, -0.25) is 9.10 Å². The number of sulfonamides is 1. The fourth-order valence-corrected chi connectivity index (χ4v) is 5.26. The normalized spacial score (nSPS) is 11.7. The number of hydrazone groups is 1. The Bertz CT molecular complexity index is 1360. The van der Waals surface area contributed by atoms with Crippen molar-refractivity contribution in [3.05, 3.63) is 80.0 Å². The van der Waals surface area contributed by atoms with Crippen LogP contribution in [0.15, 0.2) is 47.6 Å². The lowest BCUT2D eigenvalue weighted by molar-refractivity contribution is -0.119. The molecule has 7 nitrogen and oxygen atoms in total. The Balaban J connectivity index is 1.78. The SMILES string of the molecule is Cc1cc(Cl)ccc1N(CC(=O)N/N=C\c1cc(C)n(-c2cc(Cl)cc(Cl)c2)c1C)S(C)(=O)=O. The van der Waals surface area contributed by atoms with Crippen molar-refractivity contribution < 1.29 is 13.2 Å². The summed E-state index contributed by atoms with van der Waals surface area (Å²) in [5, 5.41) is 5.53. The summed E-state index contributed by atoms with van der Waals surface area (Å²) >= 11 is 18.2. The minimum atomic E-state index is -3.72. The largest absolute Gasteiger partial charge is 0.318 e. The van der Waals surface area contributed by atoms with E-state index in [2.05, 4.69) is 10.5 Å². The number of rotatable bonds is 7. The highest BCUT2D eigenvalue weighted by Gasteiger charge is 2.22. The predicted octanol–water partition coefficient (Wildman–Crippen LogP) is 5.28. The summed E-state index contributed by atoms with van der Waals surface area (Å²) in [6.45, 7) is 5.12. The zero-order valence-electron chi connectivity index (χ0n) is 18.9. The molecule has 1 N–H and O–H groups in total. The number of halogens is 3. The molecule has 0 saturated carbocycles. The topological polar surface area (TPSA) is 83.8 Å². The monoisotopic (exact) mass is 540 g/mol. The van der Waals surface area contributed by atoms with Crippen LogP contribution in [0.25, 0.3) is 5.69 Å². The first-order valence-electron chi connectivity index (χ1n) is 10.1. The van der Waals surface area contributed by atoms with Gasteiger partial charge in [-0.15, -0.1) is 0 Å². The Labute approximate surface area is 214 Å². The van der Waals surface area contributed by atoms with Crippen molar-refractivity contribution in [3.8, 4) is 5.69 Å². The van der Waals surface area contributed by atoms with Gasteiger partial charge in [-0.05, 0) is 68.8 Å². The van der Waals surface area contributed by atoms with Crippen LogP contribution in [0.4, 0.5) is 5.69 Å². The number of amides is 1. The Morgan fingerprint density at radius 1 is 1.03 bits per heavy atom. The van der Waals surface area contributed by atoms with Crippen molar-refractivity contribution in [2.45, 2.75) is 20.8 Å². The molecule has 0 aliphatic carbocycles. The first-order chi connectivity index (χ1) is 15.9. The van der Waals surface area contributed by atoms with E-state index in [4.69, 9.17) is 34.8 Å². The third kappa shape index (κ3) is 6.13. The fourth-order valence-electron chi connectivity index (χ4n) is 3.60. The van der Waals surface area contributed by atoms with Gasteiger partial charge in [0, 0.05) is 37.7 Å². The molecular formula is C23H23Cl3N4O3S. The predicted molar refractivity (Wildman–Crippen MR) is 139 cm³/mol. The number of anilines is 1. The maximum Gasteiger partial charge on any atom is 0.260 e. The van der Waals surface area contributed by atoms with Gasteiger partial charge in [0.1, 0.15) is 6.54 Å². The van der Waals surface area contributed by atoms with Crippen LogP contribution in [0, 0.1) is 20.8 Å². The number of aromatic nitrogens is 1. The standard InChI is InChI=1S/C23H23Cl3N4O3S/c1-14-7-18(24)5-6-22(14)29(34(4,32)33)13-23(31)28-27-12-17-8-15(2)30(16(17)3)21-10-19(25)9-20(26)11-21/h5-12H,13H2,1-4H3,(H,28,31)/b27-12-. The van der Waals surface area contributed by atoms with Crippen molar-refractivity contribution in [2.24, 2.45) is 5.10 Å². The molecule has 2 aromatic carbocycles. The van der Waals surface area contributed by atoms with E-state index in [0.29, 0.717) is 26.3 Å². The quantitative estimate of drug-likeness (QED) is 0.326. The number of carbonyl (C=O) groups is 1.